The second kappa shape index (κ2) is 8.94. The number of phenolic OH excluding ortho intramolecular Hbond substituents is 1. The van der Waals surface area contributed by atoms with E-state index in [0.717, 1.165) is 10.5 Å². The summed E-state index contributed by atoms with van der Waals surface area (Å²) in [5.74, 6) is -5.12. The molecule has 10 heteroatoms. The summed E-state index contributed by atoms with van der Waals surface area (Å²) in [7, 11) is 2.77. The van der Waals surface area contributed by atoms with Crippen molar-refractivity contribution in [2.75, 3.05) is 19.1 Å². The molecule has 8 nitrogen and oxygen atoms in total. The Hall–Kier alpha value is -3.62. The zero-order chi connectivity index (χ0) is 28.7. The number of rotatable bonds is 4. The van der Waals surface area contributed by atoms with Gasteiger partial charge in [0, 0.05) is 24.6 Å². The Balaban J connectivity index is 1.50. The van der Waals surface area contributed by atoms with Crippen molar-refractivity contribution in [3.63, 3.8) is 0 Å². The van der Waals surface area contributed by atoms with Crippen molar-refractivity contribution in [1.29, 1.82) is 0 Å². The van der Waals surface area contributed by atoms with Crippen LogP contribution in [0.4, 0.5) is 5.69 Å². The summed E-state index contributed by atoms with van der Waals surface area (Å²) in [4.78, 5) is 53.0. The number of imide groups is 2. The monoisotopic (exact) mass is 580 g/mol. The zero-order valence-electron chi connectivity index (χ0n) is 21.8. The molecule has 2 heterocycles. The smallest absolute Gasteiger partial charge is 0.253 e. The number of nitrogens with zero attached hydrogens (tertiary/aromatic N) is 2. The molecule has 2 saturated heterocycles. The van der Waals surface area contributed by atoms with Gasteiger partial charge in [0.15, 0.2) is 9.75 Å². The van der Waals surface area contributed by atoms with Gasteiger partial charge in [-0.15, -0.1) is 23.2 Å². The highest BCUT2D eigenvalue weighted by molar-refractivity contribution is 6.53. The van der Waals surface area contributed by atoms with E-state index in [-0.39, 0.29) is 30.1 Å². The number of carbonyl (C=O) groups excluding carboxylic acids is 4. The number of fused-ring (bicyclic) bond motifs is 4. The number of allylic oxidation sites excluding steroid dienone is 2. The summed E-state index contributed by atoms with van der Waals surface area (Å²) in [6, 6.07) is 11.5. The van der Waals surface area contributed by atoms with Gasteiger partial charge in [0.25, 0.3) is 11.8 Å². The average molecular weight is 581 g/mol. The number of hydrogen-bond acceptors (Lipinski definition) is 6. The van der Waals surface area contributed by atoms with Crippen LogP contribution in [0.15, 0.2) is 60.7 Å². The summed E-state index contributed by atoms with van der Waals surface area (Å²) < 4.78 is 5.23. The van der Waals surface area contributed by atoms with Gasteiger partial charge in [-0.1, -0.05) is 42.5 Å². The minimum Gasteiger partial charge on any atom is -0.508 e. The number of benzene rings is 2. The largest absolute Gasteiger partial charge is 0.508 e. The van der Waals surface area contributed by atoms with Gasteiger partial charge in [0.2, 0.25) is 11.8 Å². The molecule has 2 aliphatic heterocycles. The second-order valence-corrected chi connectivity index (χ2v) is 12.0. The van der Waals surface area contributed by atoms with Gasteiger partial charge in [0.05, 0.1) is 24.6 Å². The molecule has 1 N–H and O–H groups in total. The molecule has 206 valence electrons. The Labute approximate surface area is 240 Å². The number of amides is 4. The van der Waals surface area contributed by atoms with Crippen molar-refractivity contribution in [2.24, 2.45) is 17.8 Å². The second-order valence-electron chi connectivity index (χ2n) is 10.7. The zero-order valence-corrected chi connectivity index (χ0v) is 23.3. The summed E-state index contributed by atoms with van der Waals surface area (Å²) in [5.41, 5.74) is 2.17. The van der Waals surface area contributed by atoms with E-state index in [2.05, 4.69) is 6.58 Å². The molecule has 40 heavy (non-hydrogen) atoms. The lowest BCUT2D eigenvalue weighted by atomic mass is 9.56. The van der Waals surface area contributed by atoms with Crippen molar-refractivity contribution >= 4 is 58.6 Å². The maximum Gasteiger partial charge on any atom is 0.253 e. The van der Waals surface area contributed by atoms with Crippen molar-refractivity contribution in [2.45, 2.75) is 28.5 Å². The van der Waals surface area contributed by atoms with Gasteiger partial charge in [-0.3, -0.25) is 29.0 Å². The third-order valence-electron chi connectivity index (χ3n) is 8.95. The molecule has 0 bridgehead atoms. The van der Waals surface area contributed by atoms with E-state index in [4.69, 9.17) is 27.9 Å². The first-order valence-corrected chi connectivity index (χ1v) is 13.6. The van der Waals surface area contributed by atoms with Crippen molar-refractivity contribution in [3.8, 4) is 11.5 Å². The highest BCUT2D eigenvalue weighted by Gasteiger charge is 2.76. The number of hydrogen-bond donors (Lipinski definition) is 1. The topological polar surface area (TPSA) is 104 Å². The van der Waals surface area contributed by atoms with Crippen LogP contribution in [0, 0.1) is 17.8 Å². The minimum absolute atomic E-state index is 0.115. The van der Waals surface area contributed by atoms with Crippen LogP contribution in [-0.2, 0) is 19.2 Å². The Kier molecular flexibility index (Phi) is 5.95. The first-order valence-electron chi connectivity index (χ1n) is 12.9. The Morgan fingerprint density at radius 3 is 2.35 bits per heavy atom. The van der Waals surface area contributed by atoms with Crippen LogP contribution in [0.25, 0.3) is 6.08 Å². The fourth-order valence-corrected chi connectivity index (χ4v) is 8.01. The number of ether oxygens (including phenoxy) is 1. The number of methoxy groups -OCH3 is 1. The summed E-state index contributed by atoms with van der Waals surface area (Å²) in [5, 5.41) is 11.1. The Morgan fingerprint density at radius 2 is 1.73 bits per heavy atom. The minimum atomic E-state index is -1.96. The molecular formula is C30H26Cl2N2O6. The molecule has 0 spiro atoms. The average Bonchev–Trinajstić information content (AvgIpc) is 3.28. The standard InChI is InChI=1S/C30H26Cl2N2O6/c1-4-15-5-7-16(8-6-15)34-25(36)20-12-11-18-21(23(20)26(34)37)14-29(31)27(38)33(2)28(39)30(29,32)24(18)19-10-9-17(40-3)13-22(19)35/h4-11,13,20-21,23-24,35H,1,12,14H2,2-3H3. The van der Waals surface area contributed by atoms with Crippen LogP contribution >= 0.6 is 23.2 Å². The third kappa shape index (κ3) is 3.26. The van der Waals surface area contributed by atoms with Gasteiger partial charge in [0.1, 0.15) is 11.5 Å². The number of halogens is 2. The first-order chi connectivity index (χ1) is 19.0. The number of alkyl halides is 2. The number of likely N-dealkylation sites (tertiary alicyclic amines) is 1. The predicted octanol–water partition coefficient (Wildman–Crippen LogP) is 4.24. The maximum absolute atomic E-state index is 14.0. The molecule has 4 amide bonds. The fourth-order valence-electron chi connectivity index (χ4n) is 7.00. The maximum atomic E-state index is 14.0. The van der Waals surface area contributed by atoms with Gasteiger partial charge < -0.3 is 9.84 Å². The number of aromatic hydroxyl groups is 1. The van der Waals surface area contributed by atoms with Crippen LogP contribution in [0.2, 0.25) is 0 Å². The van der Waals surface area contributed by atoms with E-state index in [1.165, 1.54) is 25.1 Å². The van der Waals surface area contributed by atoms with Crippen LogP contribution in [0.3, 0.4) is 0 Å². The molecule has 6 atom stereocenters. The van der Waals surface area contributed by atoms with Crippen molar-refractivity contribution < 1.29 is 29.0 Å². The fraction of sp³-hybridized carbons (Fsp3) is 0.333. The predicted molar refractivity (Wildman–Crippen MR) is 149 cm³/mol. The molecule has 0 radical (unpaired) electrons. The summed E-state index contributed by atoms with van der Waals surface area (Å²) in [6.07, 6.45) is 3.61. The van der Waals surface area contributed by atoms with E-state index in [1.54, 1.807) is 42.5 Å². The Morgan fingerprint density at radius 1 is 1.02 bits per heavy atom. The molecule has 3 fully saturated rings. The molecule has 2 aromatic rings. The first kappa shape index (κ1) is 26.6. The summed E-state index contributed by atoms with van der Waals surface area (Å²) in [6.45, 7) is 3.74. The normalized spacial score (nSPS) is 33.0. The van der Waals surface area contributed by atoms with Crippen LogP contribution in [0.5, 0.6) is 11.5 Å². The Bertz CT molecular complexity index is 1540. The van der Waals surface area contributed by atoms with Gasteiger partial charge in [-0.2, -0.15) is 0 Å². The van der Waals surface area contributed by atoms with E-state index < -0.39 is 51.1 Å². The lowest BCUT2D eigenvalue weighted by Gasteiger charge is -2.50. The molecule has 1 saturated carbocycles. The van der Waals surface area contributed by atoms with Crippen LogP contribution < -0.4 is 9.64 Å². The molecule has 4 aliphatic rings. The number of anilines is 1. The number of phenols is 1. The van der Waals surface area contributed by atoms with E-state index >= 15 is 0 Å². The van der Waals surface area contributed by atoms with Crippen LogP contribution in [-0.4, -0.2) is 57.5 Å². The molecule has 6 unspecified atom stereocenters. The van der Waals surface area contributed by atoms with E-state index in [1.807, 2.05) is 6.08 Å². The van der Waals surface area contributed by atoms with Crippen molar-refractivity contribution in [1.82, 2.24) is 4.90 Å². The lowest BCUT2D eigenvalue weighted by Crippen LogP contribution is -2.60. The third-order valence-corrected chi connectivity index (χ3v) is 10.4. The summed E-state index contributed by atoms with van der Waals surface area (Å²) >= 11 is 14.3. The molecule has 0 aromatic heterocycles. The highest BCUT2D eigenvalue weighted by atomic mass is 35.5. The molecule has 2 aliphatic carbocycles. The van der Waals surface area contributed by atoms with Gasteiger partial charge in [-0.25, -0.2) is 0 Å². The lowest BCUT2D eigenvalue weighted by molar-refractivity contribution is -0.138. The van der Waals surface area contributed by atoms with Crippen molar-refractivity contribution in [3.05, 3.63) is 71.8 Å². The molecule has 6 rings (SSSR count). The molecule has 2 aromatic carbocycles. The quantitative estimate of drug-likeness (QED) is 0.329. The van der Waals surface area contributed by atoms with E-state index in [9.17, 15) is 24.3 Å². The van der Waals surface area contributed by atoms with E-state index in [0.29, 0.717) is 17.0 Å². The van der Waals surface area contributed by atoms with Gasteiger partial charge in [-0.05, 0) is 42.5 Å². The molecular weight excluding hydrogens is 555 g/mol. The van der Waals surface area contributed by atoms with Gasteiger partial charge >= 0.3 is 0 Å². The van der Waals surface area contributed by atoms with Crippen LogP contribution in [0.1, 0.15) is 29.9 Å². The highest BCUT2D eigenvalue weighted by Crippen LogP contribution is 2.66. The SMILES string of the molecule is C=Cc1ccc(N2C(=O)C3CC=C4C(CC5(Cl)C(=O)N(C)C(=O)C5(Cl)C4c4ccc(OC)cc4O)C3C2=O)cc1. The number of carbonyl (C=O) groups is 4.